The van der Waals surface area contributed by atoms with Crippen molar-refractivity contribution in [2.45, 2.75) is 25.9 Å². The smallest absolute Gasteiger partial charge is 0.492 e. The van der Waals surface area contributed by atoms with Crippen LogP contribution in [0.4, 0.5) is 0 Å². The van der Waals surface area contributed by atoms with Gasteiger partial charge in [0, 0.05) is 4.92 Å². The first-order valence-corrected chi connectivity index (χ1v) is 6.33. The molecule has 0 bridgehead atoms. The molecule has 1 aliphatic heterocycles. The van der Waals surface area contributed by atoms with Crippen molar-refractivity contribution in [1.82, 2.24) is 0 Å². The van der Waals surface area contributed by atoms with E-state index in [1.807, 2.05) is 0 Å². The van der Waals surface area contributed by atoms with Gasteiger partial charge < -0.3 is 14.4 Å². The highest BCUT2D eigenvalue weighted by Gasteiger charge is 2.37. The minimum Gasteiger partial charge on any atom is -0.494 e. The largest absolute Gasteiger partial charge is 0.494 e. The zero-order valence-electron chi connectivity index (χ0n) is 10.7. The Morgan fingerprint density at radius 3 is 3.05 bits per heavy atom. The summed E-state index contributed by atoms with van der Waals surface area (Å²) in [4.78, 5) is 10.1. The molecule has 0 aliphatic carbocycles. The van der Waals surface area contributed by atoms with E-state index in [4.69, 9.17) is 9.39 Å². The maximum Gasteiger partial charge on any atom is 0.492 e. The van der Waals surface area contributed by atoms with E-state index in [1.54, 1.807) is 18.2 Å². The summed E-state index contributed by atoms with van der Waals surface area (Å²) in [5.41, 5.74) is 1.22. The first kappa shape index (κ1) is 13.8. The Balaban J connectivity index is 2.11. The van der Waals surface area contributed by atoms with Crippen molar-refractivity contribution >= 4 is 12.6 Å². The minimum absolute atomic E-state index is 0.347. The predicted molar refractivity (Wildman–Crippen MR) is 70.1 cm³/mol. The molecule has 0 spiro atoms. The molecule has 1 heterocycles. The van der Waals surface area contributed by atoms with Gasteiger partial charge in [-0.1, -0.05) is 19.4 Å². The van der Waals surface area contributed by atoms with Gasteiger partial charge in [0.25, 0.3) is 0 Å². The SMILES string of the molecule is CCCCOc1ccc2c(c1)B(O)OC2C[N+](=O)[O-]. The average Bonchev–Trinajstić information content (AvgIpc) is 2.66. The van der Waals surface area contributed by atoms with E-state index in [9.17, 15) is 15.1 Å². The van der Waals surface area contributed by atoms with Crippen LogP contribution in [-0.2, 0) is 4.65 Å². The number of hydrogen-bond donors (Lipinski definition) is 1. The molecular weight excluding hydrogens is 249 g/mol. The van der Waals surface area contributed by atoms with Crippen LogP contribution in [0.25, 0.3) is 0 Å². The van der Waals surface area contributed by atoms with Crippen LogP contribution in [0.15, 0.2) is 18.2 Å². The highest BCUT2D eigenvalue weighted by atomic mass is 16.6. The zero-order chi connectivity index (χ0) is 13.8. The van der Waals surface area contributed by atoms with E-state index in [-0.39, 0.29) is 6.54 Å². The summed E-state index contributed by atoms with van der Waals surface area (Å²) in [5.74, 6) is 0.650. The molecule has 0 saturated carbocycles. The molecule has 2 rings (SSSR count). The van der Waals surface area contributed by atoms with Crippen LogP contribution in [0.2, 0.25) is 0 Å². The Bertz CT molecular complexity index is 467. The fourth-order valence-corrected chi connectivity index (χ4v) is 2.06. The number of benzene rings is 1. The highest BCUT2D eigenvalue weighted by molar-refractivity contribution is 6.61. The van der Waals surface area contributed by atoms with E-state index in [0.29, 0.717) is 23.4 Å². The molecule has 102 valence electrons. The van der Waals surface area contributed by atoms with Crippen LogP contribution in [0, 0.1) is 10.1 Å². The van der Waals surface area contributed by atoms with E-state index in [0.717, 1.165) is 12.8 Å². The highest BCUT2D eigenvalue weighted by Crippen LogP contribution is 2.26. The first-order valence-electron chi connectivity index (χ1n) is 6.33. The Kier molecular flexibility index (Phi) is 4.39. The number of fused-ring (bicyclic) bond motifs is 1. The first-order chi connectivity index (χ1) is 9.11. The lowest BCUT2D eigenvalue weighted by atomic mass is 9.79. The lowest BCUT2D eigenvalue weighted by Gasteiger charge is -2.08. The number of rotatable bonds is 6. The van der Waals surface area contributed by atoms with Gasteiger partial charge in [-0.05, 0) is 29.6 Å². The molecule has 1 aromatic rings. The maximum atomic E-state index is 10.5. The third kappa shape index (κ3) is 3.24. The van der Waals surface area contributed by atoms with Crippen LogP contribution in [0.3, 0.4) is 0 Å². The molecule has 19 heavy (non-hydrogen) atoms. The van der Waals surface area contributed by atoms with E-state index in [1.165, 1.54) is 0 Å². The van der Waals surface area contributed by atoms with Gasteiger partial charge in [0.05, 0.1) is 6.61 Å². The van der Waals surface area contributed by atoms with Crippen LogP contribution in [-0.4, -0.2) is 30.2 Å². The van der Waals surface area contributed by atoms with Crippen molar-refractivity contribution in [1.29, 1.82) is 0 Å². The van der Waals surface area contributed by atoms with Gasteiger partial charge in [0.2, 0.25) is 6.54 Å². The number of nitro groups is 1. The van der Waals surface area contributed by atoms with Crippen LogP contribution < -0.4 is 10.2 Å². The molecule has 1 N–H and O–H groups in total. The van der Waals surface area contributed by atoms with Crippen molar-refractivity contribution < 1.29 is 19.3 Å². The molecule has 0 saturated heterocycles. The van der Waals surface area contributed by atoms with Crippen LogP contribution in [0.1, 0.15) is 31.4 Å². The Morgan fingerprint density at radius 2 is 2.37 bits per heavy atom. The predicted octanol–water partition coefficient (Wildman–Crippen LogP) is 0.901. The van der Waals surface area contributed by atoms with Gasteiger partial charge in [-0.25, -0.2) is 0 Å². The normalized spacial score (nSPS) is 17.4. The molecule has 7 heteroatoms. The molecular formula is C12H16BNO5. The molecule has 6 nitrogen and oxygen atoms in total. The lowest BCUT2D eigenvalue weighted by molar-refractivity contribution is -0.490. The Morgan fingerprint density at radius 1 is 1.58 bits per heavy atom. The molecule has 1 aromatic carbocycles. The van der Waals surface area contributed by atoms with Crippen molar-refractivity contribution in [3.63, 3.8) is 0 Å². The van der Waals surface area contributed by atoms with Crippen LogP contribution in [0.5, 0.6) is 5.75 Å². The summed E-state index contributed by atoms with van der Waals surface area (Å²) >= 11 is 0. The van der Waals surface area contributed by atoms with E-state index < -0.39 is 18.1 Å². The third-order valence-corrected chi connectivity index (χ3v) is 3.05. The zero-order valence-corrected chi connectivity index (χ0v) is 10.7. The summed E-state index contributed by atoms with van der Waals surface area (Å²) in [6, 6.07) is 5.17. The molecule has 0 aromatic heterocycles. The molecule has 1 atom stereocenters. The number of hydrogen-bond acceptors (Lipinski definition) is 5. The summed E-state index contributed by atoms with van der Waals surface area (Å²) in [5, 5.41) is 20.3. The quantitative estimate of drug-likeness (QED) is 0.357. The molecule has 0 amide bonds. The van der Waals surface area contributed by atoms with Gasteiger partial charge in [-0.15, -0.1) is 0 Å². The van der Waals surface area contributed by atoms with Gasteiger partial charge in [0.15, 0.2) is 0 Å². The van der Waals surface area contributed by atoms with Crippen LogP contribution >= 0.6 is 0 Å². The van der Waals surface area contributed by atoms with Crippen molar-refractivity contribution in [2.24, 2.45) is 0 Å². The average molecular weight is 265 g/mol. The summed E-state index contributed by atoms with van der Waals surface area (Å²) in [7, 11) is -1.12. The minimum atomic E-state index is -1.12. The standard InChI is InChI=1S/C12H16BNO5/c1-2-3-6-18-9-4-5-10-11(7-9)13(15)19-12(10)8-14(16)17/h4-5,7,12,15H,2-3,6,8H2,1H3. The Hall–Kier alpha value is -1.60. The number of unbranched alkanes of at least 4 members (excludes halogenated alkanes) is 1. The maximum absolute atomic E-state index is 10.5. The summed E-state index contributed by atoms with van der Waals surface area (Å²) in [6.07, 6.45) is 1.31. The second-order valence-corrected chi connectivity index (χ2v) is 4.49. The number of ether oxygens (including phenoxy) is 1. The number of nitrogens with zero attached hydrogens (tertiary/aromatic N) is 1. The van der Waals surface area contributed by atoms with Crippen molar-refractivity contribution in [2.75, 3.05) is 13.2 Å². The van der Waals surface area contributed by atoms with Crippen molar-refractivity contribution in [3.05, 3.63) is 33.9 Å². The van der Waals surface area contributed by atoms with Gasteiger partial charge in [-0.2, -0.15) is 0 Å². The molecule has 1 unspecified atom stereocenters. The summed E-state index contributed by atoms with van der Waals surface area (Å²) < 4.78 is 10.7. The lowest BCUT2D eigenvalue weighted by Crippen LogP contribution is -2.28. The van der Waals surface area contributed by atoms with Crippen molar-refractivity contribution in [3.8, 4) is 5.75 Å². The Labute approximate surface area is 111 Å². The fourth-order valence-electron chi connectivity index (χ4n) is 2.06. The second kappa shape index (κ2) is 6.03. The molecule has 0 radical (unpaired) electrons. The van der Waals surface area contributed by atoms with E-state index >= 15 is 0 Å². The molecule has 1 aliphatic rings. The molecule has 0 fully saturated rings. The van der Waals surface area contributed by atoms with Gasteiger partial charge >= 0.3 is 7.12 Å². The topological polar surface area (TPSA) is 81.8 Å². The summed E-state index contributed by atoms with van der Waals surface area (Å²) in [6.45, 7) is 2.34. The van der Waals surface area contributed by atoms with Gasteiger partial charge in [0.1, 0.15) is 11.9 Å². The second-order valence-electron chi connectivity index (χ2n) is 4.49. The third-order valence-electron chi connectivity index (χ3n) is 3.05. The van der Waals surface area contributed by atoms with Gasteiger partial charge in [-0.3, -0.25) is 10.1 Å². The van der Waals surface area contributed by atoms with E-state index in [2.05, 4.69) is 6.92 Å². The monoisotopic (exact) mass is 265 g/mol. The fraction of sp³-hybridized carbons (Fsp3) is 0.500.